The first-order valence-electron chi connectivity index (χ1n) is 8.17. The Morgan fingerprint density at radius 1 is 1.29 bits per heavy atom. The van der Waals surface area contributed by atoms with Gasteiger partial charge < -0.3 is 14.8 Å². The van der Waals surface area contributed by atoms with E-state index in [-0.39, 0.29) is 18.1 Å². The van der Waals surface area contributed by atoms with Crippen LogP contribution in [0.15, 0.2) is 0 Å². The molecule has 1 aromatic heterocycles. The number of amides is 1. The summed E-state index contributed by atoms with van der Waals surface area (Å²) in [6, 6.07) is 0. The fourth-order valence-corrected chi connectivity index (χ4v) is 4.04. The minimum atomic E-state index is -0.414. The number of methoxy groups -OCH3 is 1. The molecule has 0 saturated carbocycles. The van der Waals surface area contributed by atoms with E-state index in [9.17, 15) is 9.59 Å². The Morgan fingerprint density at radius 3 is 2.50 bits per heavy atom. The number of hydrogen-bond donors (Lipinski definition) is 1. The number of morpholine rings is 1. The number of aryl methyl sites for hydroxylation is 1. The summed E-state index contributed by atoms with van der Waals surface area (Å²) < 4.78 is 10.5. The van der Waals surface area contributed by atoms with E-state index in [0.29, 0.717) is 23.5 Å². The van der Waals surface area contributed by atoms with Gasteiger partial charge in [-0.15, -0.1) is 11.3 Å². The van der Waals surface area contributed by atoms with Crippen molar-refractivity contribution in [2.24, 2.45) is 0 Å². The van der Waals surface area contributed by atoms with Crippen molar-refractivity contribution in [3.05, 3.63) is 16.0 Å². The second-order valence-corrected chi connectivity index (χ2v) is 7.52. The van der Waals surface area contributed by atoms with Gasteiger partial charge in [0, 0.05) is 30.9 Å². The molecule has 2 unspecified atom stereocenters. The van der Waals surface area contributed by atoms with Crippen molar-refractivity contribution in [1.82, 2.24) is 4.90 Å². The van der Waals surface area contributed by atoms with E-state index in [4.69, 9.17) is 9.47 Å². The van der Waals surface area contributed by atoms with Crippen molar-refractivity contribution in [2.75, 3.05) is 32.1 Å². The van der Waals surface area contributed by atoms with Gasteiger partial charge in [0.1, 0.15) is 5.00 Å². The fourth-order valence-electron chi connectivity index (χ4n) is 2.98. The van der Waals surface area contributed by atoms with Gasteiger partial charge in [-0.05, 0) is 33.3 Å². The predicted octanol–water partition coefficient (Wildman–Crippen LogP) is 2.59. The topological polar surface area (TPSA) is 67.9 Å². The Balaban J connectivity index is 1.95. The normalized spacial score (nSPS) is 21.5. The van der Waals surface area contributed by atoms with Gasteiger partial charge in [-0.25, -0.2) is 4.79 Å². The first kappa shape index (κ1) is 18.9. The summed E-state index contributed by atoms with van der Waals surface area (Å²) in [5, 5.41) is 3.44. The third-order valence-electron chi connectivity index (χ3n) is 4.18. The fraction of sp³-hybridized carbons (Fsp3) is 0.647. The van der Waals surface area contributed by atoms with Crippen molar-refractivity contribution in [2.45, 2.75) is 46.3 Å². The molecule has 1 aliphatic heterocycles. The van der Waals surface area contributed by atoms with Crippen LogP contribution in [0.2, 0.25) is 0 Å². The van der Waals surface area contributed by atoms with Crippen LogP contribution in [0.25, 0.3) is 0 Å². The first-order valence-corrected chi connectivity index (χ1v) is 8.99. The van der Waals surface area contributed by atoms with E-state index < -0.39 is 5.97 Å². The number of nitrogens with one attached hydrogen (secondary N) is 1. The molecule has 1 N–H and O–H groups in total. The number of thiophene rings is 1. The zero-order valence-corrected chi connectivity index (χ0v) is 15.8. The number of carbonyl (C=O) groups is 2. The summed E-state index contributed by atoms with van der Waals surface area (Å²) in [6.45, 7) is 10.2. The maximum absolute atomic E-state index is 12.3. The number of anilines is 1. The van der Waals surface area contributed by atoms with Crippen LogP contribution in [0.3, 0.4) is 0 Å². The van der Waals surface area contributed by atoms with Crippen LogP contribution < -0.4 is 5.32 Å². The summed E-state index contributed by atoms with van der Waals surface area (Å²) >= 11 is 1.41. The maximum Gasteiger partial charge on any atom is 0.341 e. The summed E-state index contributed by atoms with van der Waals surface area (Å²) in [7, 11) is 1.35. The SMILES string of the molecule is COC(=O)c1c(NC(=O)CCN2CC(C)OC(C)C2)sc(C)c1C. The molecule has 0 radical (unpaired) electrons. The molecule has 1 aliphatic rings. The highest BCUT2D eigenvalue weighted by molar-refractivity contribution is 7.16. The number of nitrogens with zero attached hydrogens (tertiary/aromatic N) is 1. The maximum atomic E-state index is 12.3. The Kier molecular flexibility index (Phi) is 6.37. The molecule has 134 valence electrons. The largest absolute Gasteiger partial charge is 0.465 e. The highest BCUT2D eigenvalue weighted by atomic mass is 32.1. The molecule has 0 spiro atoms. The predicted molar refractivity (Wildman–Crippen MR) is 94.8 cm³/mol. The Bertz CT molecular complexity index is 604. The molecule has 1 fully saturated rings. The van der Waals surface area contributed by atoms with Gasteiger partial charge in [0.25, 0.3) is 0 Å². The molecule has 0 aromatic carbocycles. The van der Waals surface area contributed by atoms with Gasteiger partial charge in [0.2, 0.25) is 5.91 Å². The van der Waals surface area contributed by atoms with Crippen LogP contribution in [0.1, 0.15) is 41.1 Å². The van der Waals surface area contributed by atoms with Gasteiger partial charge in [0.05, 0.1) is 24.9 Å². The van der Waals surface area contributed by atoms with Gasteiger partial charge in [-0.1, -0.05) is 0 Å². The standard InChI is InChI=1S/C17H26N2O4S/c1-10-8-19(9-11(2)23-10)7-6-14(20)18-16-15(17(21)22-5)12(3)13(4)24-16/h10-11H,6-9H2,1-5H3,(H,18,20). The van der Waals surface area contributed by atoms with Gasteiger partial charge in [-0.3, -0.25) is 9.69 Å². The van der Waals surface area contributed by atoms with Crippen LogP contribution in [0, 0.1) is 13.8 Å². The van der Waals surface area contributed by atoms with Crippen LogP contribution in [0.5, 0.6) is 0 Å². The molecule has 2 heterocycles. The summed E-state index contributed by atoms with van der Waals surface area (Å²) in [4.78, 5) is 27.5. The molecule has 1 amide bonds. The van der Waals surface area contributed by atoms with E-state index in [1.807, 2.05) is 27.7 Å². The molecule has 1 aromatic rings. The summed E-state index contributed by atoms with van der Waals surface area (Å²) in [5.74, 6) is -0.504. The zero-order valence-electron chi connectivity index (χ0n) is 15.0. The highest BCUT2D eigenvalue weighted by Crippen LogP contribution is 2.33. The number of ether oxygens (including phenoxy) is 2. The van der Waals surface area contributed by atoms with Crippen molar-refractivity contribution < 1.29 is 19.1 Å². The monoisotopic (exact) mass is 354 g/mol. The molecule has 7 heteroatoms. The van der Waals surface area contributed by atoms with Crippen LogP contribution in [-0.2, 0) is 14.3 Å². The minimum absolute atomic E-state index is 0.0896. The van der Waals surface area contributed by atoms with E-state index in [1.54, 1.807) is 0 Å². The third-order valence-corrected chi connectivity index (χ3v) is 5.30. The average molecular weight is 354 g/mol. The number of carbonyl (C=O) groups excluding carboxylic acids is 2. The van der Waals surface area contributed by atoms with Crippen LogP contribution in [0.4, 0.5) is 5.00 Å². The lowest BCUT2D eigenvalue weighted by atomic mass is 10.1. The second-order valence-electron chi connectivity index (χ2n) is 6.29. The second kappa shape index (κ2) is 8.09. The van der Waals surface area contributed by atoms with Gasteiger partial charge in [0.15, 0.2) is 0 Å². The number of esters is 1. The molecule has 0 aliphatic carbocycles. The molecular weight excluding hydrogens is 328 g/mol. The summed E-state index contributed by atoms with van der Waals surface area (Å²) in [5.41, 5.74) is 1.32. The van der Waals surface area contributed by atoms with E-state index in [1.165, 1.54) is 18.4 Å². The lowest BCUT2D eigenvalue weighted by molar-refractivity contribution is -0.117. The average Bonchev–Trinajstić information content (AvgIpc) is 2.78. The first-order chi connectivity index (χ1) is 11.3. The zero-order chi connectivity index (χ0) is 17.9. The van der Waals surface area contributed by atoms with Crippen molar-refractivity contribution >= 4 is 28.2 Å². The Labute approximate surface area is 147 Å². The lowest BCUT2D eigenvalue weighted by Crippen LogP contribution is -2.46. The Hall–Kier alpha value is -1.44. The third kappa shape index (κ3) is 4.55. The quantitative estimate of drug-likeness (QED) is 0.823. The highest BCUT2D eigenvalue weighted by Gasteiger charge is 2.24. The smallest absolute Gasteiger partial charge is 0.341 e. The van der Waals surface area contributed by atoms with Gasteiger partial charge in [-0.2, -0.15) is 0 Å². The molecule has 6 nitrogen and oxygen atoms in total. The summed E-state index contributed by atoms with van der Waals surface area (Å²) in [6.07, 6.45) is 0.756. The molecule has 2 rings (SSSR count). The number of rotatable bonds is 5. The number of hydrogen-bond acceptors (Lipinski definition) is 6. The molecule has 0 bridgehead atoms. The van der Waals surface area contributed by atoms with Crippen LogP contribution >= 0.6 is 11.3 Å². The molecule has 24 heavy (non-hydrogen) atoms. The van der Waals surface area contributed by atoms with Crippen LogP contribution in [-0.4, -0.2) is 55.7 Å². The molecular formula is C17H26N2O4S. The minimum Gasteiger partial charge on any atom is -0.465 e. The van der Waals surface area contributed by atoms with Crippen molar-refractivity contribution in [3.8, 4) is 0 Å². The molecule has 2 atom stereocenters. The van der Waals surface area contributed by atoms with Gasteiger partial charge >= 0.3 is 5.97 Å². The lowest BCUT2D eigenvalue weighted by Gasteiger charge is -2.35. The van der Waals surface area contributed by atoms with Crippen molar-refractivity contribution in [3.63, 3.8) is 0 Å². The van der Waals surface area contributed by atoms with E-state index in [0.717, 1.165) is 23.5 Å². The van der Waals surface area contributed by atoms with Crippen molar-refractivity contribution in [1.29, 1.82) is 0 Å². The molecule has 1 saturated heterocycles. The Morgan fingerprint density at radius 2 is 1.92 bits per heavy atom. The van der Waals surface area contributed by atoms with E-state index in [2.05, 4.69) is 10.2 Å². The van der Waals surface area contributed by atoms with E-state index >= 15 is 0 Å².